The third kappa shape index (κ3) is 4.65. The van der Waals surface area contributed by atoms with Crippen LogP contribution < -0.4 is 16.4 Å². The number of nitrogens with two attached hydrogens (primary N) is 1. The molecule has 0 aliphatic heterocycles. The minimum Gasteiger partial charge on any atom is -0.444 e. The van der Waals surface area contributed by atoms with Gasteiger partial charge in [0, 0.05) is 23.3 Å². The molecular weight excluding hydrogens is 282 g/mol. The van der Waals surface area contributed by atoms with Crippen LogP contribution in [0.25, 0.3) is 0 Å². The highest BCUT2D eigenvalue weighted by Gasteiger charge is 2.31. The van der Waals surface area contributed by atoms with Crippen LogP contribution in [-0.2, 0) is 4.74 Å². The van der Waals surface area contributed by atoms with E-state index >= 15 is 0 Å². The monoisotopic (exact) mass is 305 g/mol. The summed E-state index contributed by atoms with van der Waals surface area (Å²) in [4.78, 5) is 22.8. The van der Waals surface area contributed by atoms with Crippen LogP contribution in [0.4, 0.5) is 10.5 Å². The van der Waals surface area contributed by atoms with E-state index in [2.05, 4.69) is 10.6 Å². The maximum atomic E-state index is 11.6. The van der Waals surface area contributed by atoms with Gasteiger partial charge in [-0.15, -0.1) is 0 Å². The minimum absolute atomic E-state index is 0.117. The summed E-state index contributed by atoms with van der Waals surface area (Å²) >= 11 is 0. The molecule has 1 aliphatic carbocycles. The normalized spacial score (nSPS) is 20.7. The first-order valence-corrected chi connectivity index (χ1v) is 7.39. The minimum atomic E-state index is -0.485. The van der Waals surface area contributed by atoms with Gasteiger partial charge in [-0.1, -0.05) is 6.07 Å². The molecule has 1 aromatic rings. The summed E-state index contributed by atoms with van der Waals surface area (Å²) in [6, 6.07) is 7.48. The number of hydrogen-bond acceptors (Lipinski definition) is 4. The van der Waals surface area contributed by atoms with E-state index in [0.717, 1.165) is 18.5 Å². The number of carbonyl (C=O) groups excluding carboxylic acids is 2. The third-order valence-corrected chi connectivity index (χ3v) is 3.38. The maximum Gasteiger partial charge on any atom is 0.407 e. The number of carbonyl (C=O) groups is 2. The van der Waals surface area contributed by atoms with Crippen molar-refractivity contribution in [3.8, 4) is 0 Å². The summed E-state index contributed by atoms with van der Waals surface area (Å²) in [7, 11) is 0. The second-order valence-corrected chi connectivity index (χ2v) is 6.60. The van der Waals surface area contributed by atoms with Gasteiger partial charge in [-0.05, 0) is 51.8 Å². The van der Waals surface area contributed by atoms with Gasteiger partial charge in [-0.3, -0.25) is 4.79 Å². The Morgan fingerprint density at radius 2 is 1.91 bits per heavy atom. The van der Waals surface area contributed by atoms with Crippen molar-refractivity contribution < 1.29 is 14.3 Å². The Labute approximate surface area is 130 Å². The Kier molecular flexibility index (Phi) is 4.59. The zero-order chi connectivity index (χ0) is 16.3. The van der Waals surface area contributed by atoms with Crippen LogP contribution in [0.2, 0.25) is 0 Å². The number of anilines is 1. The molecule has 1 aliphatic rings. The molecule has 22 heavy (non-hydrogen) atoms. The van der Waals surface area contributed by atoms with E-state index in [-0.39, 0.29) is 18.2 Å². The van der Waals surface area contributed by atoms with E-state index in [1.54, 1.807) is 18.2 Å². The molecule has 120 valence electrons. The van der Waals surface area contributed by atoms with Gasteiger partial charge in [0.1, 0.15) is 5.60 Å². The van der Waals surface area contributed by atoms with Crippen LogP contribution in [0.1, 0.15) is 44.0 Å². The molecule has 2 amide bonds. The maximum absolute atomic E-state index is 11.6. The number of nitrogens with one attached hydrogen (secondary N) is 2. The highest BCUT2D eigenvalue weighted by Crippen LogP contribution is 2.25. The number of rotatable bonds is 4. The molecule has 0 aromatic heterocycles. The lowest BCUT2D eigenvalue weighted by Crippen LogP contribution is -2.50. The van der Waals surface area contributed by atoms with Crippen LogP contribution in [0.5, 0.6) is 0 Å². The number of ether oxygens (including phenoxy) is 1. The van der Waals surface area contributed by atoms with Crippen LogP contribution in [0.3, 0.4) is 0 Å². The van der Waals surface area contributed by atoms with Gasteiger partial charge >= 0.3 is 6.09 Å². The lowest BCUT2D eigenvalue weighted by atomic mass is 9.86. The molecule has 4 N–H and O–H groups in total. The first kappa shape index (κ1) is 16.1. The Hall–Kier alpha value is -2.24. The van der Waals surface area contributed by atoms with Crippen LogP contribution in [-0.4, -0.2) is 29.7 Å². The van der Waals surface area contributed by atoms with E-state index < -0.39 is 11.5 Å². The fraction of sp³-hybridized carbons (Fsp3) is 0.500. The lowest BCUT2D eigenvalue weighted by Gasteiger charge is -2.37. The van der Waals surface area contributed by atoms with Crippen molar-refractivity contribution in [2.45, 2.75) is 51.3 Å². The number of alkyl carbamates (subject to hydrolysis) is 1. The topological polar surface area (TPSA) is 93.4 Å². The molecule has 0 radical (unpaired) electrons. The van der Waals surface area contributed by atoms with Crippen molar-refractivity contribution in [1.82, 2.24) is 5.32 Å². The average Bonchev–Trinajstić information content (AvgIpc) is 2.34. The van der Waals surface area contributed by atoms with E-state index in [9.17, 15) is 9.59 Å². The fourth-order valence-electron chi connectivity index (χ4n) is 2.33. The molecule has 6 nitrogen and oxygen atoms in total. The highest BCUT2D eigenvalue weighted by atomic mass is 16.6. The number of benzene rings is 1. The molecule has 1 fully saturated rings. The highest BCUT2D eigenvalue weighted by molar-refractivity contribution is 5.93. The number of hydrogen-bond donors (Lipinski definition) is 3. The molecule has 6 heteroatoms. The Morgan fingerprint density at radius 3 is 2.50 bits per heavy atom. The molecule has 0 atom stereocenters. The Bertz CT molecular complexity index is 560. The first-order chi connectivity index (χ1) is 10.2. The van der Waals surface area contributed by atoms with Gasteiger partial charge in [0.2, 0.25) is 5.91 Å². The summed E-state index contributed by atoms with van der Waals surface area (Å²) in [5.74, 6) is -0.443. The van der Waals surface area contributed by atoms with E-state index in [4.69, 9.17) is 10.5 Å². The molecule has 0 saturated heterocycles. The molecule has 0 heterocycles. The summed E-state index contributed by atoms with van der Waals surface area (Å²) < 4.78 is 5.22. The van der Waals surface area contributed by atoms with Gasteiger partial charge in [-0.2, -0.15) is 0 Å². The Balaban J connectivity index is 1.77. The van der Waals surface area contributed by atoms with Gasteiger partial charge in [0.25, 0.3) is 0 Å². The summed E-state index contributed by atoms with van der Waals surface area (Å²) in [5.41, 5.74) is 6.11. The molecule has 0 bridgehead atoms. The van der Waals surface area contributed by atoms with E-state index in [1.165, 1.54) is 0 Å². The quantitative estimate of drug-likeness (QED) is 0.795. The molecule has 0 unspecified atom stereocenters. The summed E-state index contributed by atoms with van der Waals surface area (Å²) in [5, 5.41) is 6.17. The summed E-state index contributed by atoms with van der Waals surface area (Å²) in [6.45, 7) is 5.51. The van der Waals surface area contributed by atoms with Crippen molar-refractivity contribution in [1.29, 1.82) is 0 Å². The number of amides is 2. The van der Waals surface area contributed by atoms with Crippen molar-refractivity contribution in [2.75, 3.05) is 5.32 Å². The molecule has 1 aromatic carbocycles. The second kappa shape index (κ2) is 6.25. The van der Waals surface area contributed by atoms with E-state index in [0.29, 0.717) is 5.56 Å². The van der Waals surface area contributed by atoms with Crippen molar-refractivity contribution in [2.24, 2.45) is 5.73 Å². The van der Waals surface area contributed by atoms with Gasteiger partial charge in [0.15, 0.2) is 0 Å². The largest absolute Gasteiger partial charge is 0.444 e. The van der Waals surface area contributed by atoms with Crippen molar-refractivity contribution in [3.63, 3.8) is 0 Å². The van der Waals surface area contributed by atoms with E-state index in [1.807, 2.05) is 26.8 Å². The Morgan fingerprint density at radius 1 is 1.23 bits per heavy atom. The first-order valence-electron chi connectivity index (χ1n) is 7.39. The summed E-state index contributed by atoms with van der Waals surface area (Å²) in [6.07, 6.45) is 1.26. The smallest absolute Gasteiger partial charge is 0.407 e. The zero-order valence-electron chi connectivity index (χ0n) is 13.2. The molecule has 2 rings (SSSR count). The lowest BCUT2D eigenvalue weighted by molar-refractivity contribution is 0.0475. The fourth-order valence-corrected chi connectivity index (χ4v) is 2.33. The zero-order valence-corrected chi connectivity index (χ0v) is 13.2. The van der Waals surface area contributed by atoms with Crippen LogP contribution in [0.15, 0.2) is 24.3 Å². The predicted octanol–water partition coefficient (Wildman–Crippen LogP) is 2.25. The van der Waals surface area contributed by atoms with Crippen molar-refractivity contribution in [3.05, 3.63) is 29.8 Å². The average molecular weight is 305 g/mol. The second-order valence-electron chi connectivity index (χ2n) is 6.60. The molecule has 0 spiro atoms. The van der Waals surface area contributed by atoms with Crippen LogP contribution >= 0.6 is 0 Å². The standard InChI is InChI=1S/C16H23N3O3/c1-16(2,3)22-15(21)19-13-8-12(9-13)18-11-6-4-5-10(7-11)14(17)20/h4-7,12-13,18H,8-9H2,1-3H3,(H2,17,20)(H,19,21). The molecular formula is C16H23N3O3. The van der Waals surface area contributed by atoms with Gasteiger partial charge < -0.3 is 21.1 Å². The third-order valence-electron chi connectivity index (χ3n) is 3.38. The van der Waals surface area contributed by atoms with Crippen molar-refractivity contribution >= 4 is 17.7 Å². The predicted molar refractivity (Wildman–Crippen MR) is 84.8 cm³/mol. The number of primary amides is 1. The SMILES string of the molecule is CC(C)(C)OC(=O)NC1CC(Nc2cccc(C(N)=O)c2)C1. The van der Waals surface area contributed by atoms with Gasteiger partial charge in [-0.25, -0.2) is 4.79 Å². The van der Waals surface area contributed by atoms with Crippen LogP contribution in [0, 0.1) is 0 Å². The van der Waals surface area contributed by atoms with Gasteiger partial charge in [0.05, 0.1) is 0 Å². The molecule has 1 saturated carbocycles.